The quantitative estimate of drug-likeness (QED) is 0.497. The van der Waals surface area contributed by atoms with Crippen molar-refractivity contribution in [2.45, 2.75) is 6.54 Å². The van der Waals surface area contributed by atoms with Gasteiger partial charge in [0.1, 0.15) is 5.69 Å². The van der Waals surface area contributed by atoms with Crippen molar-refractivity contribution in [3.05, 3.63) is 76.4 Å². The lowest BCUT2D eigenvalue weighted by Gasteiger charge is -2.11. The van der Waals surface area contributed by atoms with Gasteiger partial charge in [0.2, 0.25) is 0 Å². The van der Waals surface area contributed by atoms with E-state index in [-0.39, 0.29) is 17.8 Å². The van der Waals surface area contributed by atoms with E-state index in [1.165, 1.54) is 42.4 Å². The van der Waals surface area contributed by atoms with Crippen molar-refractivity contribution in [2.75, 3.05) is 14.2 Å². The lowest BCUT2D eigenvalue weighted by atomic mass is 10.1. The Labute approximate surface area is 160 Å². The summed E-state index contributed by atoms with van der Waals surface area (Å²) in [4.78, 5) is 27.2. The van der Waals surface area contributed by atoms with Crippen LogP contribution in [0.1, 0.15) is 15.9 Å². The van der Waals surface area contributed by atoms with Crippen LogP contribution in [0.15, 0.2) is 55.1 Å². The van der Waals surface area contributed by atoms with Crippen LogP contribution in [0.3, 0.4) is 0 Å². The molecule has 3 rings (SSSR count). The Morgan fingerprint density at radius 1 is 1.18 bits per heavy atom. The van der Waals surface area contributed by atoms with Gasteiger partial charge in [-0.3, -0.25) is 14.9 Å². The minimum Gasteiger partial charge on any atom is -0.493 e. The first-order chi connectivity index (χ1) is 13.5. The second kappa shape index (κ2) is 8.21. The summed E-state index contributed by atoms with van der Waals surface area (Å²) in [5.41, 5.74) is 1.14. The van der Waals surface area contributed by atoms with E-state index in [0.29, 0.717) is 17.2 Å². The molecule has 1 heterocycles. The van der Waals surface area contributed by atoms with Crippen LogP contribution in [0.25, 0.3) is 5.69 Å². The Balaban J connectivity index is 1.78. The van der Waals surface area contributed by atoms with Gasteiger partial charge in [-0.05, 0) is 29.8 Å². The Kier molecular flexibility index (Phi) is 5.54. The summed E-state index contributed by atoms with van der Waals surface area (Å²) in [5, 5.41) is 14.2. The van der Waals surface area contributed by atoms with Crippen molar-refractivity contribution in [1.29, 1.82) is 0 Å². The standard InChI is InChI=1S/C19H18N4O5/c1-27-17-6-3-13(9-18(17)28-2)11-21-19(24)14-4-5-15(16(10-14)23(25)26)22-8-7-20-12-22/h3-10,12H,11H2,1-2H3,(H,21,24). The molecule has 0 bridgehead atoms. The number of ether oxygens (including phenoxy) is 2. The third kappa shape index (κ3) is 3.93. The van der Waals surface area contributed by atoms with E-state index in [1.807, 2.05) is 0 Å². The fourth-order valence-electron chi connectivity index (χ4n) is 2.71. The molecule has 0 aliphatic heterocycles. The molecule has 0 saturated carbocycles. The van der Waals surface area contributed by atoms with Crippen molar-refractivity contribution in [2.24, 2.45) is 0 Å². The molecule has 0 atom stereocenters. The van der Waals surface area contributed by atoms with Crippen molar-refractivity contribution >= 4 is 11.6 Å². The minimum absolute atomic E-state index is 0.184. The van der Waals surface area contributed by atoms with Crippen LogP contribution in [0.4, 0.5) is 5.69 Å². The zero-order chi connectivity index (χ0) is 20.1. The molecule has 0 fully saturated rings. The van der Waals surface area contributed by atoms with Crippen LogP contribution >= 0.6 is 0 Å². The van der Waals surface area contributed by atoms with Gasteiger partial charge in [-0.25, -0.2) is 4.98 Å². The summed E-state index contributed by atoms with van der Waals surface area (Å²) in [7, 11) is 3.07. The number of hydrogen-bond donors (Lipinski definition) is 1. The van der Waals surface area contributed by atoms with Crippen molar-refractivity contribution in [1.82, 2.24) is 14.9 Å². The monoisotopic (exact) mass is 382 g/mol. The number of carbonyl (C=O) groups is 1. The van der Waals surface area contributed by atoms with Crippen molar-refractivity contribution < 1.29 is 19.2 Å². The fraction of sp³-hybridized carbons (Fsp3) is 0.158. The zero-order valence-corrected chi connectivity index (χ0v) is 15.3. The molecular weight excluding hydrogens is 364 g/mol. The molecule has 0 unspecified atom stereocenters. The van der Waals surface area contributed by atoms with E-state index < -0.39 is 10.8 Å². The molecular formula is C19H18N4O5. The summed E-state index contributed by atoms with van der Waals surface area (Å²) in [6.07, 6.45) is 4.58. The smallest absolute Gasteiger partial charge is 0.294 e. The van der Waals surface area contributed by atoms with E-state index >= 15 is 0 Å². The maximum Gasteiger partial charge on any atom is 0.294 e. The van der Waals surface area contributed by atoms with Gasteiger partial charge in [0.15, 0.2) is 11.5 Å². The Hall–Kier alpha value is -3.88. The summed E-state index contributed by atoms with van der Waals surface area (Å²) in [5.74, 6) is 0.716. The third-order valence-corrected chi connectivity index (χ3v) is 4.12. The van der Waals surface area contributed by atoms with Gasteiger partial charge in [0.05, 0.1) is 25.5 Å². The molecule has 1 amide bonds. The summed E-state index contributed by atoms with van der Waals surface area (Å²) in [6.45, 7) is 0.232. The SMILES string of the molecule is COc1ccc(CNC(=O)c2ccc(-n3ccnc3)c([N+](=O)[O-])c2)cc1OC. The van der Waals surface area contributed by atoms with Crippen LogP contribution < -0.4 is 14.8 Å². The third-order valence-electron chi connectivity index (χ3n) is 4.12. The van der Waals surface area contributed by atoms with E-state index in [2.05, 4.69) is 10.3 Å². The molecule has 1 N–H and O–H groups in total. The lowest BCUT2D eigenvalue weighted by molar-refractivity contribution is -0.384. The number of nitro benzene ring substituents is 1. The molecule has 2 aromatic carbocycles. The van der Waals surface area contributed by atoms with E-state index in [1.54, 1.807) is 31.5 Å². The lowest BCUT2D eigenvalue weighted by Crippen LogP contribution is -2.23. The fourth-order valence-corrected chi connectivity index (χ4v) is 2.71. The first-order valence-electron chi connectivity index (χ1n) is 8.29. The van der Waals surface area contributed by atoms with Crippen LogP contribution in [0.2, 0.25) is 0 Å². The first-order valence-corrected chi connectivity index (χ1v) is 8.29. The predicted octanol–water partition coefficient (Wildman–Crippen LogP) is 2.73. The second-order valence-electron chi connectivity index (χ2n) is 5.80. The van der Waals surface area contributed by atoms with Gasteiger partial charge in [0.25, 0.3) is 11.6 Å². The average Bonchev–Trinajstić information content (AvgIpc) is 3.25. The van der Waals surface area contributed by atoms with Gasteiger partial charge >= 0.3 is 0 Å². The topological polar surface area (TPSA) is 109 Å². The van der Waals surface area contributed by atoms with Crippen LogP contribution in [-0.4, -0.2) is 34.6 Å². The number of hydrogen-bond acceptors (Lipinski definition) is 6. The molecule has 0 aliphatic rings. The molecule has 28 heavy (non-hydrogen) atoms. The number of imidazole rings is 1. The number of nitrogens with one attached hydrogen (secondary N) is 1. The van der Waals surface area contributed by atoms with Crippen molar-refractivity contribution in [3.8, 4) is 17.2 Å². The largest absolute Gasteiger partial charge is 0.493 e. The predicted molar refractivity (Wildman–Crippen MR) is 101 cm³/mol. The molecule has 9 heteroatoms. The number of nitrogens with zero attached hydrogens (tertiary/aromatic N) is 3. The van der Waals surface area contributed by atoms with Gasteiger partial charge in [0, 0.05) is 30.6 Å². The number of amides is 1. The zero-order valence-electron chi connectivity index (χ0n) is 15.3. The number of benzene rings is 2. The number of aromatic nitrogens is 2. The Morgan fingerprint density at radius 2 is 1.96 bits per heavy atom. The molecule has 144 valence electrons. The van der Waals surface area contributed by atoms with Crippen LogP contribution in [0.5, 0.6) is 11.5 Å². The van der Waals surface area contributed by atoms with Crippen LogP contribution in [-0.2, 0) is 6.54 Å². The Morgan fingerprint density at radius 3 is 2.61 bits per heavy atom. The maximum atomic E-state index is 12.5. The average molecular weight is 382 g/mol. The normalized spacial score (nSPS) is 10.4. The molecule has 9 nitrogen and oxygen atoms in total. The van der Waals surface area contributed by atoms with E-state index in [4.69, 9.17) is 9.47 Å². The molecule has 0 spiro atoms. The molecule has 3 aromatic rings. The molecule has 0 aliphatic carbocycles. The highest BCUT2D eigenvalue weighted by molar-refractivity contribution is 5.95. The van der Waals surface area contributed by atoms with Gasteiger partial charge < -0.3 is 19.4 Å². The van der Waals surface area contributed by atoms with Crippen LogP contribution in [0, 0.1) is 10.1 Å². The molecule has 0 saturated heterocycles. The molecule has 1 aromatic heterocycles. The summed E-state index contributed by atoms with van der Waals surface area (Å²) >= 11 is 0. The first kappa shape index (κ1) is 18.9. The van der Waals surface area contributed by atoms with Gasteiger partial charge in [-0.15, -0.1) is 0 Å². The van der Waals surface area contributed by atoms with E-state index in [9.17, 15) is 14.9 Å². The summed E-state index contributed by atoms with van der Waals surface area (Å²) in [6, 6.07) is 9.59. The number of nitro groups is 1. The van der Waals surface area contributed by atoms with Gasteiger partial charge in [-0.1, -0.05) is 6.07 Å². The number of carbonyl (C=O) groups excluding carboxylic acids is 1. The minimum atomic E-state index is -0.527. The van der Waals surface area contributed by atoms with Crippen molar-refractivity contribution in [3.63, 3.8) is 0 Å². The highest BCUT2D eigenvalue weighted by Gasteiger charge is 2.18. The highest BCUT2D eigenvalue weighted by Crippen LogP contribution is 2.28. The highest BCUT2D eigenvalue weighted by atomic mass is 16.6. The second-order valence-corrected chi connectivity index (χ2v) is 5.80. The molecule has 0 radical (unpaired) electrons. The maximum absolute atomic E-state index is 12.5. The van der Waals surface area contributed by atoms with Gasteiger partial charge in [-0.2, -0.15) is 0 Å². The Bertz CT molecular complexity index is 1000. The number of methoxy groups -OCH3 is 2. The van der Waals surface area contributed by atoms with E-state index in [0.717, 1.165) is 5.56 Å². The summed E-state index contributed by atoms with van der Waals surface area (Å²) < 4.78 is 11.9. The number of rotatable bonds is 7.